The SMILES string of the molecule is Cc1cc(-c2c(-c3nn[nH]n3)cnc3c2CCCC3(C)C)ccn1. The Labute approximate surface area is 140 Å². The smallest absolute Gasteiger partial charge is 0.206 e. The van der Waals surface area contributed by atoms with Crippen molar-refractivity contribution in [2.45, 2.75) is 45.4 Å². The Balaban J connectivity index is 2.04. The summed E-state index contributed by atoms with van der Waals surface area (Å²) in [5.41, 5.74) is 6.79. The molecule has 0 amide bonds. The van der Waals surface area contributed by atoms with E-state index >= 15 is 0 Å². The molecule has 24 heavy (non-hydrogen) atoms. The number of fused-ring (bicyclic) bond motifs is 1. The number of pyridine rings is 2. The van der Waals surface area contributed by atoms with Crippen molar-refractivity contribution in [1.82, 2.24) is 30.6 Å². The summed E-state index contributed by atoms with van der Waals surface area (Å²) in [7, 11) is 0. The molecular weight excluding hydrogens is 300 g/mol. The maximum absolute atomic E-state index is 4.80. The van der Waals surface area contributed by atoms with Crippen LogP contribution in [0, 0.1) is 6.92 Å². The number of hydrogen-bond donors (Lipinski definition) is 1. The number of tetrazole rings is 1. The Bertz CT molecular complexity index is 883. The maximum Gasteiger partial charge on any atom is 0.206 e. The monoisotopic (exact) mass is 320 g/mol. The van der Waals surface area contributed by atoms with Crippen molar-refractivity contribution >= 4 is 0 Å². The number of aromatic nitrogens is 6. The Kier molecular flexibility index (Phi) is 3.40. The van der Waals surface area contributed by atoms with Crippen LogP contribution in [0.25, 0.3) is 22.5 Å². The van der Waals surface area contributed by atoms with Crippen molar-refractivity contribution in [3.05, 3.63) is 41.5 Å². The van der Waals surface area contributed by atoms with Crippen LogP contribution >= 0.6 is 0 Å². The molecule has 6 nitrogen and oxygen atoms in total. The number of nitrogens with zero attached hydrogens (tertiary/aromatic N) is 5. The Morgan fingerprint density at radius 1 is 1.21 bits per heavy atom. The van der Waals surface area contributed by atoms with Crippen LogP contribution in [0.15, 0.2) is 24.5 Å². The van der Waals surface area contributed by atoms with Gasteiger partial charge in [0.25, 0.3) is 0 Å². The number of rotatable bonds is 2. The van der Waals surface area contributed by atoms with E-state index in [1.54, 1.807) is 0 Å². The first-order valence-corrected chi connectivity index (χ1v) is 8.25. The minimum Gasteiger partial charge on any atom is -0.262 e. The summed E-state index contributed by atoms with van der Waals surface area (Å²) in [5, 5.41) is 14.6. The van der Waals surface area contributed by atoms with Crippen LogP contribution in [0.2, 0.25) is 0 Å². The van der Waals surface area contributed by atoms with E-state index in [1.807, 2.05) is 25.4 Å². The Hall–Kier alpha value is -2.63. The summed E-state index contributed by atoms with van der Waals surface area (Å²) in [6, 6.07) is 4.16. The van der Waals surface area contributed by atoms with Crippen LogP contribution in [-0.4, -0.2) is 30.6 Å². The van der Waals surface area contributed by atoms with Crippen molar-refractivity contribution < 1.29 is 0 Å². The second kappa shape index (κ2) is 5.47. The highest BCUT2D eigenvalue weighted by molar-refractivity contribution is 5.83. The summed E-state index contributed by atoms with van der Waals surface area (Å²) in [5.74, 6) is 0.582. The predicted molar refractivity (Wildman–Crippen MR) is 91.3 cm³/mol. The van der Waals surface area contributed by atoms with E-state index in [1.165, 1.54) is 16.8 Å². The summed E-state index contributed by atoms with van der Waals surface area (Å²) in [6.07, 6.45) is 7.08. The van der Waals surface area contributed by atoms with E-state index in [9.17, 15) is 0 Å². The van der Waals surface area contributed by atoms with Gasteiger partial charge in [0.05, 0.1) is 0 Å². The molecule has 3 aromatic heterocycles. The normalized spacial score (nSPS) is 16.0. The molecule has 0 unspecified atom stereocenters. The van der Waals surface area contributed by atoms with Crippen molar-refractivity contribution in [1.29, 1.82) is 0 Å². The molecule has 0 saturated carbocycles. The lowest BCUT2D eigenvalue weighted by atomic mass is 9.73. The molecule has 1 N–H and O–H groups in total. The number of nitrogens with one attached hydrogen (secondary N) is 1. The van der Waals surface area contributed by atoms with Crippen LogP contribution in [0.5, 0.6) is 0 Å². The third-order valence-electron chi connectivity index (χ3n) is 4.82. The van der Waals surface area contributed by atoms with Gasteiger partial charge in [0.2, 0.25) is 5.82 Å². The van der Waals surface area contributed by atoms with Gasteiger partial charge in [-0.25, -0.2) is 0 Å². The molecule has 0 aliphatic heterocycles. The number of H-pyrrole nitrogens is 1. The molecule has 0 aromatic carbocycles. The van der Waals surface area contributed by atoms with E-state index < -0.39 is 0 Å². The molecule has 3 heterocycles. The molecule has 0 bridgehead atoms. The second-order valence-corrected chi connectivity index (χ2v) is 7.03. The highest BCUT2D eigenvalue weighted by Crippen LogP contribution is 2.43. The van der Waals surface area contributed by atoms with Gasteiger partial charge in [0, 0.05) is 34.8 Å². The first-order chi connectivity index (χ1) is 11.6. The van der Waals surface area contributed by atoms with Gasteiger partial charge in [-0.1, -0.05) is 13.8 Å². The molecule has 0 saturated heterocycles. The quantitative estimate of drug-likeness (QED) is 0.784. The van der Waals surface area contributed by atoms with E-state index in [4.69, 9.17) is 4.98 Å². The van der Waals surface area contributed by atoms with Crippen LogP contribution in [0.3, 0.4) is 0 Å². The highest BCUT2D eigenvalue weighted by Gasteiger charge is 2.32. The predicted octanol–water partition coefficient (Wildman–Crippen LogP) is 3.25. The molecule has 3 aromatic rings. The summed E-state index contributed by atoms with van der Waals surface area (Å²) in [6.45, 7) is 6.55. The molecule has 4 rings (SSSR count). The van der Waals surface area contributed by atoms with Gasteiger partial charge in [-0.2, -0.15) is 5.21 Å². The van der Waals surface area contributed by atoms with Gasteiger partial charge in [0.15, 0.2) is 0 Å². The van der Waals surface area contributed by atoms with Gasteiger partial charge >= 0.3 is 0 Å². The van der Waals surface area contributed by atoms with Crippen molar-refractivity contribution in [3.63, 3.8) is 0 Å². The third kappa shape index (κ3) is 2.38. The van der Waals surface area contributed by atoms with Crippen LogP contribution in [-0.2, 0) is 11.8 Å². The number of aryl methyl sites for hydroxylation is 1. The molecule has 0 atom stereocenters. The van der Waals surface area contributed by atoms with Gasteiger partial charge in [0.1, 0.15) is 0 Å². The van der Waals surface area contributed by atoms with E-state index in [-0.39, 0.29) is 5.41 Å². The molecule has 0 radical (unpaired) electrons. The summed E-state index contributed by atoms with van der Waals surface area (Å²) >= 11 is 0. The maximum atomic E-state index is 4.80. The first kappa shape index (κ1) is 14.9. The fraction of sp³-hybridized carbons (Fsp3) is 0.389. The van der Waals surface area contributed by atoms with E-state index in [2.05, 4.69) is 45.5 Å². The van der Waals surface area contributed by atoms with Crippen molar-refractivity contribution in [2.75, 3.05) is 0 Å². The number of hydrogen-bond acceptors (Lipinski definition) is 5. The van der Waals surface area contributed by atoms with Gasteiger partial charge in [-0.05, 0) is 60.2 Å². The van der Waals surface area contributed by atoms with Crippen molar-refractivity contribution in [3.8, 4) is 22.5 Å². The van der Waals surface area contributed by atoms with Crippen LogP contribution in [0.1, 0.15) is 43.6 Å². The molecule has 0 fully saturated rings. The fourth-order valence-electron chi connectivity index (χ4n) is 3.68. The second-order valence-electron chi connectivity index (χ2n) is 7.03. The molecule has 1 aliphatic carbocycles. The topological polar surface area (TPSA) is 80.2 Å². The minimum absolute atomic E-state index is 0.0835. The van der Waals surface area contributed by atoms with Crippen molar-refractivity contribution in [2.24, 2.45) is 0 Å². The lowest BCUT2D eigenvalue weighted by Crippen LogP contribution is -2.26. The molecule has 122 valence electrons. The zero-order valence-corrected chi connectivity index (χ0v) is 14.2. The summed E-state index contributed by atoms with van der Waals surface area (Å²) in [4.78, 5) is 9.13. The van der Waals surface area contributed by atoms with Crippen LogP contribution in [0.4, 0.5) is 0 Å². The summed E-state index contributed by atoms with van der Waals surface area (Å²) < 4.78 is 0. The van der Waals surface area contributed by atoms with Crippen LogP contribution < -0.4 is 0 Å². The molecule has 6 heteroatoms. The Morgan fingerprint density at radius 3 is 2.83 bits per heavy atom. The number of aromatic amines is 1. The molecule has 0 spiro atoms. The van der Waals surface area contributed by atoms with E-state index in [0.29, 0.717) is 5.82 Å². The Morgan fingerprint density at radius 2 is 2.08 bits per heavy atom. The zero-order chi connectivity index (χ0) is 16.7. The largest absolute Gasteiger partial charge is 0.262 e. The zero-order valence-electron chi connectivity index (χ0n) is 14.2. The molecular formula is C18H20N6. The standard InChI is InChI=1S/C18H20N6/c1-11-9-12(6-8-19-11)15-13-5-4-7-18(2,3)16(13)20-10-14(15)17-21-23-24-22-17/h6,8-10H,4-5,7H2,1-3H3,(H,21,22,23,24). The molecule has 1 aliphatic rings. The first-order valence-electron chi connectivity index (χ1n) is 8.25. The van der Waals surface area contributed by atoms with E-state index in [0.717, 1.165) is 36.1 Å². The average molecular weight is 320 g/mol. The van der Waals surface area contributed by atoms with Gasteiger partial charge in [-0.15, -0.1) is 10.2 Å². The fourth-order valence-corrected chi connectivity index (χ4v) is 3.68. The lowest BCUT2D eigenvalue weighted by molar-refractivity contribution is 0.419. The van der Waals surface area contributed by atoms with Gasteiger partial charge < -0.3 is 0 Å². The average Bonchev–Trinajstić information content (AvgIpc) is 3.08. The van der Waals surface area contributed by atoms with Gasteiger partial charge in [-0.3, -0.25) is 9.97 Å². The third-order valence-corrected chi connectivity index (χ3v) is 4.82. The minimum atomic E-state index is 0.0835. The highest BCUT2D eigenvalue weighted by atomic mass is 15.5. The lowest BCUT2D eigenvalue weighted by Gasteiger charge is -2.33.